The van der Waals surface area contributed by atoms with Gasteiger partial charge in [0.25, 0.3) is 0 Å². The van der Waals surface area contributed by atoms with Gasteiger partial charge < -0.3 is 5.73 Å². The van der Waals surface area contributed by atoms with E-state index in [0.717, 1.165) is 5.56 Å². The number of aromatic amines is 1. The molecule has 6 heteroatoms. The van der Waals surface area contributed by atoms with Crippen LogP contribution in [0.15, 0.2) is 28.2 Å². The molecule has 3 N–H and O–H groups in total. The summed E-state index contributed by atoms with van der Waals surface area (Å²) in [4.78, 5) is 11.7. The van der Waals surface area contributed by atoms with Crippen molar-refractivity contribution in [2.24, 2.45) is 5.73 Å². The molecular formula is C15H22N4OS. The molecule has 0 radical (unpaired) electrons. The first kappa shape index (κ1) is 15.9. The molecule has 2 aromatic rings. The fraction of sp³-hybridized carbons (Fsp3) is 0.467. The third-order valence-electron chi connectivity index (χ3n) is 3.41. The topological polar surface area (TPSA) is 76.7 Å². The minimum Gasteiger partial charge on any atom is -0.323 e. The second-order valence-electron chi connectivity index (χ2n) is 5.55. The van der Waals surface area contributed by atoms with Crippen molar-refractivity contribution in [1.82, 2.24) is 14.8 Å². The van der Waals surface area contributed by atoms with Crippen molar-refractivity contribution in [3.8, 4) is 0 Å². The molecule has 1 aromatic heterocycles. The molecule has 0 bridgehead atoms. The quantitative estimate of drug-likeness (QED) is 0.832. The van der Waals surface area contributed by atoms with Gasteiger partial charge in [-0.05, 0) is 38.8 Å². The predicted octanol–water partition coefficient (Wildman–Crippen LogP) is 2.56. The molecule has 1 atom stereocenters. The van der Waals surface area contributed by atoms with Gasteiger partial charge in [-0.15, -0.1) is 5.10 Å². The van der Waals surface area contributed by atoms with Crippen LogP contribution in [-0.2, 0) is 0 Å². The van der Waals surface area contributed by atoms with Crippen LogP contribution in [0.1, 0.15) is 42.6 Å². The Kier molecular flexibility index (Phi) is 4.90. The molecule has 0 fully saturated rings. The number of hydrogen-bond donors (Lipinski definition) is 2. The summed E-state index contributed by atoms with van der Waals surface area (Å²) in [6.07, 6.45) is 0. The van der Waals surface area contributed by atoms with Crippen molar-refractivity contribution in [2.75, 3.05) is 5.75 Å². The van der Waals surface area contributed by atoms with Crippen LogP contribution in [0.4, 0.5) is 0 Å². The van der Waals surface area contributed by atoms with Crippen LogP contribution >= 0.6 is 11.8 Å². The highest BCUT2D eigenvalue weighted by molar-refractivity contribution is 7.99. The van der Waals surface area contributed by atoms with Crippen molar-refractivity contribution < 1.29 is 0 Å². The zero-order chi connectivity index (χ0) is 15.6. The zero-order valence-corrected chi connectivity index (χ0v) is 13.7. The van der Waals surface area contributed by atoms with E-state index in [1.807, 2.05) is 13.8 Å². The van der Waals surface area contributed by atoms with E-state index in [4.69, 9.17) is 5.73 Å². The predicted molar refractivity (Wildman–Crippen MR) is 86.8 cm³/mol. The van der Waals surface area contributed by atoms with Crippen molar-refractivity contribution in [3.63, 3.8) is 0 Å². The van der Waals surface area contributed by atoms with E-state index in [-0.39, 0.29) is 17.8 Å². The Bertz CT molecular complexity index is 675. The van der Waals surface area contributed by atoms with Crippen molar-refractivity contribution in [1.29, 1.82) is 0 Å². The maximum absolute atomic E-state index is 11.7. The molecule has 0 saturated heterocycles. The van der Waals surface area contributed by atoms with Gasteiger partial charge in [-0.1, -0.05) is 35.5 Å². The number of hydrogen-bond acceptors (Lipinski definition) is 4. The van der Waals surface area contributed by atoms with Gasteiger partial charge in [0.1, 0.15) is 0 Å². The molecule has 1 heterocycles. The fourth-order valence-electron chi connectivity index (χ4n) is 2.34. The standard InChI is InChI=1S/C15H22N4OS/c1-9(2)19-14(20)17-18-15(19)21-8-13(16)12-6-5-10(3)7-11(12)4/h5-7,9,13H,8,16H2,1-4H3,(H,17,20). The van der Waals surface area contributed by atoms with E-state index in [1.165, 1.54) is 22.9 Å². The van der Waals surface area contributed by atoms with Gasteiger partial charge in [-0.3, -0.25) is 4.57 Å². The molecule has 0 aliphatic heterocycles. The largest absolute Gasteiger partial charge is 0.344 e. The number of benzene rings is 1. The average molecular weight is 306 g/mol. The van der Waals surface area contributed by atoms with Crippen molar-refractivity contribution >= 4 is 11.8 Å². The molecule has 0 aliphatic rings. The second-order valence-corrected chi connectivity index (χ2v) is 6.54. The van der Waals surface area contributed by atoms with Gasteiger partial charge in [-0.2, -0.15) is 0 Å². The molecular weight excluding hydrogens is 284 g/mol. The highest BCUT2D eigenvalue weighted by atomic mass is 32.2. The Labute approximate surface area is 128 Å². The molecule has 0 spiro atoms. The first-order valence-corrected chi connectivity index (χ1v) is 8.01. The van der Waals surface area contributed by atoms with Crippen LogP contribution in [0.2, 0.25) is 0 Å². The van der Waals surface area contributed by atoms with E-state index in [1.54, 1.807) is 4.57 Å². The Morgan fingerprint density at radius 2 is 2.10 bits per heavy atom. The molecule has 1 aromatic carbocycles. The van der Waals surface area contributed by atoms with Gasteiger partial charge >= 0.3 is 5.69 Å². The Morgan fingerprint density at radius 1 is 1.38 bits per heavy atom. The summed E-state index contributed by atoms with van der Waals surface area (Å²) < 4.78 is 1.65. The molecule has 21 heavy (non-hydrogen) atoms. The lowest BCUT2D eigenvalue weighted by atomic mass is 10.0. The Balaban J connectivity index is 2.11. The number of aromatic nitrogens is 3. The second kappa shape index (κ2) is 6.49. The number of thioether (sulfide) groups is 1. The van der Waals surface area contributed by atoms with Crippen LogP contribution < -0.4 is 11.4 Å². The van der Waals surface area contributed by atoms with Gasteiger partial charge in [-0.25, -0.2) is 9.89 Å². The Morgan fingerprint density at radius 3 is 2.71 bits per heavy atom. The van der Waals surface area contributed by atoms with Crippen LogP contribution in [0.5, 0.6) is 0 Å². The van der Waals surface area contributed by atoms with E-state index >= 15 is 0 Å². The lowest BCUT2D eigenvalue weighted by Crippen LogP contribution is -2.20. The lowest BCUT2D eigenvalue weighted by Gasteiger charge is -2.15. The highest BCUT2D eigenvalue weighted by Crippen LogP contribution is 2.24. The molecule has 114 valence electrons. The lowest BCUT2D eigenvalue weighted by molar-refractivity contribution is 0.533. The van der Waals surface area contributed by atoms with E-state index < -0.39 is 0 Å². The highest BCUT2D eigenvalue weighted by Gasteiger charge is 2.15. The number of nitrogens with zero attached hydrogens (tertiary/aromatic N) is 2. The molecule has 0 aliphatic carbocycles. The number of nitrogens with one attached hydrogen (secondary N) is 1. The third kappa shape index (κ3) is 3.57. The minimum absolute atomic E-state index is 0.0797. The van der Waals surface area contributed by atoms with Crippen LogP contribution in [0.25, 0.3) is 0 Å². The third-order valence-corrected chi connectivity index (χ3v) is 4.48. The minimum atomic E-state index is -0.174. The summed E-state index contributed by atoms with van der Waals surface area (Å²) in [7, 11) is 0. The normalized spacial score (nSPS) is 12.9. The summed E-state index contributed by atoms with van der Waals surface area (Å²) in [6.45, 7) is 8.07. The summed E-state index contributed by atoms with van der Waals surface area (Å²) in [5.74, 6) is 0.681. The summed E-state index contributed by atoms with van der Waals surface area (Å²) in [6, 6.07) is 6.29. The first-order chi connectivity index (χ1) is 9.90. The maximum atomic E-state index is 11.7. The monoisotopic (exact) mass is 306 g/mol. The summed E-state index contributed by atoms with van der Waals surface area (Å²) >= 11 is 1.51. The molecule has 2 rings (SSSR count). The van der Waals surface area contributed by atoms with Crippen LogP contribution in [-0.4, -0.2) is 20.5 Å². The smallest absolute Gasteiger partial charge is 0.323 e. The summed E-state index contributed by atoms with van der Waals surface area (Å²) in [5.41, 5.74) is 9.68. The van der Waals surface area contributed by atoms with Crippen molar-refractivity contribution in [3.05, 3.63) is 45.4 Å². The Hall–Kier alpha value is -1.53. The molecule has 0 amide bonds. The van der Waals surface area contributed by atoms with Gasteiger partial charge in [0, 0.05) is 17.8 Å². The molecule has 5 nitrogen and oxygen atoms in total. The average Bonchev–Trinajstić information content (AvgIpc) is 2.77. The van der Waals surface area contributed by atoms with Crippen molar-refractivity contribution in [2.45, 2.75) is 44.9 Å². The number of H-pyrrole nitrogens is 1. The fourth-order valence-corrected chi connectivity index (χ4v) is 3.39. The molecule has 1 unspecified atom stereocenters. The van der Waals surface area contributed by atoms with Gasteiger partial charge in [0.2, 0.25) is 0 Å². The van der Waals surface area contributed by atoms with E-state index in [9.17, 15) is 4.79 Å². The number of nitrogens with two attached hydrogens (primary N) is 1. The summed E-state index contributed by atoms with van der Waals surface area (Å²) in [5, 5.41) is 7.26. The number of rotatable bonds is 5. The van der Waals surface area contributed by atoms with Gasteiger partial charge in [0.15, 0.2) is 5.16 Å². The van der Waals surface area contributed by atoms with Gasteiger partial charge in [0.05, 0.1) is 0 Å². The van der Waals surface area contributed by atoms with E-state index in [0.29, 0.717) is 10.9 Å². The van der Waals surface area contributed by atoms with Crippen LogP contribution in [0.3, 0.4) is 0 Å². The zero-order valence-electron chi connectivity index (χ0n) is 12.9. The van der Waals surface area contributed by atoms with Crippen LogP contribution in [0, 0.1) is 13.8 Å². The first-order valence-electron chi connectivity index (χ1n) is 7.02. The van der Waals surface area contributed by atoms with E-state index in [2.05, 4.69) is 42.2 Å². The SMILES string of the molecule is Cc1ccc(C(N)CSc2n[nH]c(=O)n2C(C)C)c(C)c1. The number of aryl methyl sites for hydroxylation is 2. The maximum Gasteiger partial charge on any atom is 0.344 e. The molecule has 0 saturated carbocycles.